The van der Waals surface area contributed by atoms with Crippen LogP contribution in [0.5, 0.6) is 5.75 Å². The molecule has 0 radical (unpaired) electrons. The lowest BCUT2D eigenvalue weighted by Gasteiger charge is -2.32. The van der Waals surface area contributed by atoms with Gasteiger partial charge in [0.2, 0.25) is 5.91 Å². The van der Waals surface area contributed by atoms with Gasteiger partial charge in [0.15, 0.2) is 0 Å². The predicted molar refractivity (Wildman–Crippen MR) is 80.2 cm³/mol. The molecule has 1 aromatic carbocycles. The average molecular weight is 290 g/mol. The molecule has 1 aliphatic heterocycles. The van der Waals surface area contributed by atoms with Crippen LogP contribution in [0.3, 0.4) is 0 Å². The second kappa shape index (κ2) is 6.61. The van der Waals surface area contributed by atoms with Gasteiger partial charge in [-0.1, -0.05) is 6.07 Å². The van der Waals surface area contributed by atoms with E-state index in [1.54, 1.807) is 25.1 Å². The van der Waals surface area contributed by atoms with Gasteiger partial charge in [-0.2, -0.15) is 0 Å². The van der Waals surface area contributed by atoms with Crippen LogP contribution in [0.2, 0.25) is 0 Å². The van der Waals surface area contributed by atoms with Crippen molar-refractivity contribution in [3.8, 4) is 5.75 Å². The number of amides is 2. The zero-order chi connectivity index (χ0) is 15.4. The van der Waals surface area contributed by atoms with Gasteiger partial charge in [0.25, 0.3) is 5.91 Å². The molecule has 5 nitrogen and oxygen atoms in total. The summed E-state index contributed by atoms with van der Waals surface area (Å²) >= 11 is 0. The average Bonchev–Trinajstić information content (AvgIpc) is 2.48. The summed E-state index contributed by atoms with van der Waals surface area (Å²) in [5, 5.41) is 12.5. The summed E-state index contributed by atoms with van der Waals surface area (Å²) < 4.78 is 0. The summed E-state index contributed by atoms with van der Waals surface area (Å²) in [7, 11) is 0. The fourth-order valence-corrected chi connectivity index (χ4v) is 2.65. The van der Waals surface area contributed by atoms with Gasteiger partial charge < -0.3 is 15.3 Å². The van der Waals surface area contributed by atoms with Crippen molar-refractivity contribution >= 4 is 11.8 Å². The molecule has 21 heavy (non-hydrogen) atoms. The summed E-state index contributed by atoms with van der Waals surface area (Å²) in [5.74, 6) is 0.551. The van der Waals surface area contributed by atoms with Crippen molar-refractivity contribution < 1.29 is 14.7 Å². The van der Waals surface area contributed by atoms with Crippen molar-refractivity contribution in [1.82, 2.24) is 10.2 Å². The van der Waals surface area contributed by atoms with Crippen molar-refractivity contribution in [1.29, 1.82) is 0 Å². The summed E-state index contributed by atoms with van der Waals surface area (Å²) in [6, 6.07) is 5.03. The van der Waals surface area contributed by atoms with Gasteiger partial charge in [0.05, 0.1) is 0 Å². The molecule has 0 atom stereocenters. The number of nitrogens with zero attached hydrogens (tertiary/aromatic N) is 1. The molecule has 1 saturated heterocycles. The van der Waals surface area contributed by atoms with Crippen LogP contribution in [0.1, 0.15) is 35.7 Å². The highest BCUT2D eigenvalue weighted by Gasteiger charge is 2.24. The third kappa shape index (κ3) is 3.74. The first-order valence-corrected chi connectivity index (χ1v) is 7.31. The van der Waals surface area contributed by atoms with E-state index in [1.165, 1.54) is 6.92 Å². The Kier molecular flexibility index (Phi) is 4.83. The highest BCUT2D eigenvalue weighted by molar-refractivity contribution is 5.96. The Balaban J connectivity index is 1.94. The molecule has 0 spiro atoms. The van der Waals surface area contributed by atoms with Crippen molar-refractivity contribution in [2.75, 3.05) is 19.6 Å². The molecule has 0 saturated carbocycles. The molecule has 1 heterocycles. The van der Waals surface area contributed by atoms with Crippen molar-refractivity contribution in [2.24, 2.45) is 5.92 Å². The minimum Gasteiger partial charge on any atom is -0.508 e. The maximum Gasteiger partial charge on any atom is 0.254 e. The van der Waals surface area contributed by atoms with E-state index in [0.717, 1.165) is 12.8 Å². The van der Waals surface area contributed by atoms with E-state index in [9.17, 15) is 14.7 Å². The Hall–Kier alpha value is -2.04. The number of carbonyl (C=O) groups excluding carboxylic acids is 2. The molecular formula is C16H22N2O3. The van der Waals surface area contributed by atoms with Crippen molar-refractivity contribution in [3.63, 3.8) is 0 Å². The van der Waals surface area contributed by atoms with E-state index in [1.807, 2.05) is 4.90 Å². The minimum atomic E-state index is -0.0265. The van der Waals surface area contributed by atoms with Crippen LogP contribution in [0.15, 0.2) is 18.2 Å². The molecule has 0 aliphatic carbocycles. The standard InChI is InChI=1S/C16H22N2O3/c1-11-14(4-3-5-15(11)20)16(21)18-8-6-13(7-9-18)10-17-12(2)19/h3-5,13,20H,6-10H2,1-2H3,(H,17,19). The molecule has 1 aliphatic rings. The van der Waals surface area contributed by atoms with Gasteiger partial charge in [-0.3, -0.25) is 9.59 Å². The number of rotatable bonds is 3. The van der Waals surface area contributed by atoms with Gasteiger partial charge >= 0.3 is 0 Å². The number of hydrogen-bond donors (Lipinski definition) is 2. The fourth-order valence-electron chi connectivity index (χ4n) is 2.65. The number of phenols is 1. The topological polar surface area (TPSA) is 69.6 Å². The van der Waals surface area contributed by atoms with E-state index in [0.29, 0.717) is 36.7 Å². The zero-order valence-electron chi connectivity index (χ0n) is 12.6. The van der Waals surface area contributed by atoms with Crippen LogP contribution >= 0.6 is 0 Å². The summed E-state index contributed by atoms with van der Waals surface area (Å²) in [6.07, 6.45) is 1.79. The summed E-state index contributed by atoms with van der Waals surface area (Å²) in [5.41, 5.74) is 1.19. The lowest BCUT2D eigenvalue weighted by Crippen LogP contribution is -2.41. The van der Waals surface area contributed by atoms with Crippen LogP contribution in [-0.2, 0) is 4.79 Å². The van der Waals surface area contributed by atoms with Gasteiger partial charge in [-0.05, 0) is 37.8 Å². The molecule has 5 heteroatoms. The maximum absolute atomic E-state index is 12.5. The summed E-state index contributed by atoms with van der Waals surface area (Å²) in [6.45, 7) is 5.34. The predicted octanol–water partition coefficient (Wildman–Crippen LogP) is 1.69. The Morgan fingerprint density at radius 2 is 2.00 bits per heavy atom. The molecular weight excluding hydrogens is 268 g/mol. The number of phenolic OH excluding ortho intramolecular Hbond substituents is 1. The minimum absolute atomic E-state index is 0.0103. The SMILES string of the molecule is CC(=O)NCC1CCN(C(=O)c2cccc(O)c2C)CC1. The Bertz CT molecular complexity index is 534. The Morgan fingerprint density at radius 1 is 1.33 bits per heavy atom. The largest absolute Gasteiger partial charge is 0.508 e. The van der Waals surface area contributed by atoms with Crippen LogP contribution in [0, 0.1) is 12.8 Å². The molecule has 114 valence electrons. The van der Waals surface area contributed by atoms with Crippen LogP contribution in [0.25, 0.3) is 0 Å². The number of aromatic hydroxyl groups is 1. The molecule has 0 unspecified atom stereocenters. The lowest BCUT2D eigenvalue weighted by atomic mass is 9.95. The molecule has 0 aromatic heterocycles. The fraction of sp³-hybridized carbons (Fsp3) is 0.500. The number of benzene rings is 1. The molecule has 2 N–H and O–H groups in total. The first-order chi connectivity index (χ1) is 9.99. The van der Waals surface area contributed by atoms with Gasteiger partial charge in [-0.25, -0.2) is 0 Å². The number of piperidine rings is 1. The first-order valence-electron chi connectivity index (χ1n) is 7.31. The molecule has 1 fully saturated rings. The summed E-state index contributed by atoms with van der Waals surface area (Å²) in [4.78, 5) is 25.2. The second-order valence-electron chi connectivity index (χ2n) is 5.62. The number of likely N-dealkylation sites (tertiary alicyclic amines) is 1. The van der Waals surface area contributed by atoms with E-state index >= 15 is 0 Å². The lowest BCUT2D eigenvalue weighted by molar-refractivity contribution is -0.119. The molecule has 0 bridgehead atoms. The second-order valence-corrected chi connectivity index (χ2v) is 5.62. The zero-order valence-corrected chi connectivity index (χ0v) is 12.6. The van der Waals surface area contributed by atoms with Crippen molar-refractivity contribution in [3.05, 3.63) is 29.3 Å². The normalized spacial score (nSPS) is 15.8. The van der Waals surface area contributed by atoms with Crippen molar-refractivity contribution in [2.45, 2.75) is 26.7 Å². The number of nitrogens with one attached hydrogen (secondary N) is 1. The Labute approximate surface area is 125 Å². The van der Waals surface area contributed by atoms with Gasteiger partial charge in [-0.15, -0.1) is 0 Å². The van der Waals surface area contributed by atoms with Gasteiger partial charge in [0, 0.05) is 37.7 Å². The Morgan fingerprint density at radius 3 is 2.62 bits per heavy atom. The first kappa shape index (κ1) is 15.4. The quantitative estimate of drug-likeness (QED) is 0.890. The maximum atomic E-state index is 12.5. The monoisotopic (exact) mass is 290 g/mol. The van der Waals surface area contributed by atoms with Crippen LogP contribution in [-0.4, -0.2) is 41.5 Å². The number of hydrogen-bond acceptors (Lipinski definition) is 3. The highest BCUT2D eigenvalue weighted by Crippen LogP contribution is 2.23. The third-order valence-corrected chi connectivity index (χ3v) is 4.08. The van der Waals surface area contributed by atoms with Crippen LogP contribution in [0.4, 0.5) is 0 Å². The van der Waals surface area contributed by atoms with E-state index in [4.69, 9.17) is 0 Å². The van der Waals surface area contributed by atoms with Gasteiger partial charge in [0.1, 0.15) is 5.75 Å². The highest BCUT2D eigenvalue weighted by atomic mass is 16.3. The van der Waals surface area contributed by atoms with E-state index in [2.05, 4.69) is 5.32 Å². The van der Waals surface area contributed by atoms with Crippen LogP contribution < -0.4 is 5.32 Å². The molecule has 2 amide bonds. The molecule has 2 rings (SSSR count). The number of carbonyl (C=O) groups is 2. The van der Waals surface area contributed by atoms with E-state index in [-0.39, 0.29) is 17.6 Å². The third-order valence-electron chi connectivity index (χ3n) is 4.08. The smallest absolute Gasteiger partial charge is 0.254 e. The molecule has 1 aromatic rings. The van der Waals surface area contributed by atoms with E-state index < -0.39 is 0 Å².